The van der Waals surface area contributed by atoms with Crippen LogP contribution in [0.15, 0.2) is 29.3 Å². The Bertz CT molecular complexity index is 773. The molecule has 0 saturated carbocycles. The number of rotatable bonds is 8. The summed E-state index contributed by atoms with van der Waals surface area (Å²) in [7, 11) is 1.71. The molecule has 8 nitrogen and oxygen atoms in total. The van der Waals surface area contributed by atoms with Crippen LogP contribution in [0.25, 0.3) is 0 Å². The van der Waals surface area contributed by atoms with Crippen LogP contribution in [0.1, 0.15) is 48.0 Å². The quantitative estimate of drug-likeness (QED) is 0.418. The number of guanidine groups is 1. The lowest BCUT2D eigenvalue weighted by atomic mass is 10.1. The molecule has 0 radical (unpaired) electrons. The third-order valence-electron chi connectivity index (χ3n) is 5.09. The molecule has 32 heavy (non-hydrogen) atoms. The van der Waals surface area contributed by atoms with Crippen LogP contribution in [0.2, 0.25) is 0 Å². The van der Waals surface area contributed by atoms with Crippen LogP contribution in [-0.4, -0.2) is 63.0 Å². The fourth-order valence-corrected chi connectivity index (χ4v) is 3.59. The van der Waals surface area contributed by atoms with Crippen molar-refractivity contribution < 1.29 is 14.3 Å². The minimum atomic E-state index is -0.529. The SMILES string of the molecule is CCNC(=NCC(C)(C)NC(=O)OC(C)(C)C)NCC1CCN(c2ccccc2OC)C1. The number of para-hydroxylation sites is 2. The van der Waals surface area contributed by atoms with Crippen molar-refractivity contribution in [1.82, 2.24) is 16.0 Å². The van der Waals surface area contributed by atoms with Crippen molar-refractivity contribution in [2.24, 2.45) is 10.9 Å². The summed E-state index contributed by atoms with van der Waals surface area (Å²) >= 11 is 0. The number of alkyl carbamates (subject to hydrolysis) is 1. The van der Waals surface area contributed by atoms with E-state index >= 15 is 0 Å². The Balaban J connectivity index is 1.89. The zero-order valence-corrected chi connectivity index (χ0v) is 20.7. The van der Waals surface area contributed by atoms with E-state index in [1.54, 1.807) is 7.11 Å². The summed E-state index contributed by atoms with van der Waals surface area (Å²) in [5.74, 6) is 2.18. The third-order valence-corrected chi connectivity index (χ3v) is 5.09. The number of aliphatic imine (C=N–C) groups is 1. The number of methoxy groups -OCH3 is 1. The van der Waals surface area contributed by atoms with Crippen molar-refractivity contribution in [3.8, 4) is 5.75 Å². The second-order valence-corrected chi connectivity index (χ2v) is 9.86. The Morgan fingerprint density at radius 1 is 1.19 bits per heavy atom. The Morgan fingerprint density at radius 2 is 1.91 bits per heavy atom. The smallest absolute Gasteiger partial charge is 0.408 e. The van der Waals surface area contributed by atoms with E-state index in [1.165, 1.54) is 0 Å². The van der Waals surface area contributed by atoms with Gasteiger partial charge in [0.05, 0.1) is 24.9 Å². The molecule has 1 aromatic carbocycles. The van der Waals surface area contributed by atoms with E-state index in [0.717, 1.165) is 50.0 Å². The predicted molar refractivity (Wildman–Crippen MR) is 131 cm³/mol. The molecule has 3 N–H and O–H groups in total. The van der Waals surface area contributed by atoms with Crippen LogP contribution < -0.4 is 25.6 Å². The molecular weight excluding hydrogens is 406 g/mol. The highest BCUT2D eigenvalue weighted by Crippen LogP contribution is 2.31. The van der Waals surface area contributed by atoms with Crippen molar-refractivity contribution in [3.63, 3.8) is 0 Å². The van der Waals surface area contributed by atoms with Crippen LogP contribution in [-0.2, 0) is 4.74 Å². The maximum atomic E-state index is 12.1. The number of ether oxygens (including phenoxy) is 2. The highest BCUT2D eigenvalue weighted by atomic mass is 16.6. The first kappa shape index (κ1) is 25.6. The number of benzene rings is 1. The van der Waals surface area contributed by atoms with Gasteiger partial charge < -0.3 is 30.3 Å². The summed E-state index contributed by atoms with van der Waals surface area (Å²) in [5.41, 5.74) is 0.0883. The summed E-state index contributed by atoms with van der Waals surface area (Å²) in [4.78, 5) is 19.2. The molecule has 0 bridgehead atoms. The summed E-state index contributed by atoms with van der Waals surface area (Å²) in [5, 5.41) is 9.66. The Morgan fingerprint density at radius 3 is 2.56 bits per heavy atom. The molecule has 1 unspecified atom stereocenters. The summed E-state index contributed by atoms with van der Waals surface area (Å²) in [6.07, 6.45) is 0.675. The van der Waals surface area contributed by atoms with Crippen molar-refractivity contribution in [2.75, 3.05) is 44.7 Å². The predicted octanol–water partition coefficient (Wildman–Crippen LogP) is 3.38. The van der Waals surface area contributed by atoms with E-state index in [-0.39, 0.29) is 0 Å². The number of nitrogens with zero attached hydrogens (tertiary/aromatic N) is 2. The van der Waals surface area contributed by atoms with E-state index in [1.807, 2.05) is 59.7 Å². The van der Waals surface area contributed by atoms with Crippen LogP contribution in [0, 0.1) is 5.92 Å². The summed E-state index contributed by atoms with van der Waals surface area (Å²) in [6.45, 7) is 15.5. The van der Waals surface area contributed by atoms with Gasteiger partial charge in [0.2, 0.25) is 0 Å². The van der Waals surface area contributed by atoms with E-state index in [9.17, 15) is 4.79 Å². The van der Waals surface area contributed by atoms with Crippen molar-refractivity contribution in [2.45, 2.75) is 59.1 Å². The van der Waals surface area contributed by atoms with Gasteiger partial charge in [0.15, 0.2) is 5.96 Å². The molecule has 180 valence electrons. The van der Waals surface area contributed by atoms with Crippen LogP contribution in [0.4, 0.5) is 10.5 Å². The number of hydrogen-bond acceptors (Lipinski definition) is 5. The minimum absolute atomic E-state index is 0.430. The highest BCUT2D eigenvalue weighted by Gasteiger charge is 2.26. The van der Waals surface area contributed by atoms with Gasteiger partial charge in [-0.25, -0.2) is 4.79 Å². The number of carbonyl (C=O) groups excluding carboxylic acids is 1. The molecule has 1 aromatic rings. The fraction of sp³-hybridized carbons (Fsp3) is 0.667. The van der Waals surface area contributed by atoms with Crippen LogP contribution >= 0.6 is 0 Å². The average Bonchev–Trinajstić information content (AvgIpc) is 3.17. The lowest BCUT2D eigenvalue weighted by Crippen LogP contribution is -2.49. The van der Waals surface area contributed by atoms with Gasteiger partial charge in [0.1, 0.15) is 11.4 Å². The molecule has 1 fully saturated rings. The maximum absolute atomic E-state index is 12.1. The highest BCUT2D eigenvalue weighted by molar-refractivity contribution is 5.80. The van der Waals surface area contributed by atoms with Gasteiger partial charge in [-0.1, -0.05) is 12.1 Å². The molecule has 2 rings (SSSR count). The van der Waals surface area contributed by atoms with E-state index < -0.39 is 17.2 Å². The largest absolute Gasteiger partial charge is 0.495 e. The standard InChI is InChI=1S/C24H41N5O3/c1-8-25-21(27-17-24(5,6)28-22(30)32-23(2,3)4)26-15-18-13-14-29(16-18)19-11-9-10-12-20(19)31-7/h9-12,18H,8,13-17H2,1-7H3,(H,28,30)(H2,25,26,27). The second-order valence-electron chi connectivity index (χ2n) is 9.86. The van der Waals surface area contributed by atoms with Gasteiger partial charge in [-0.15, -0.1) is 0 Å². The van der Waals surface area contributed by atoms with Gasteiger partial charge >= 0.3 is 6.09 Å². The lowest BCUT2D eigenvalue weighted by molar-refractivity contribution is 0.0476. The second kappa shape index (κ2) is 11.3. The molecule has 0 aromatic heterocycles. The van der Waals surface area contributed by atoms with Crippen molar-refractivity contribution >= 4 is 17.7 Å². The summed E-state index contributed by atoms with van der Waals surface area (Å²) < 4.78 is 10.9. The van der Waals surface area contributed by atoms with Crippen molar-refractivity contribution in [1.29, 1.82) is 0 Å². The first-order valence-corrected chi connectivity index (χ1v) is 11.4. The topological polar surface area (TPSA) is 87.2 Å². The molecule has 1 atom stereocenters. The number of anilines is 1. The van der Waals surface area contributed by atoms with Gasteiger partial charge in [0, 0.05) is 26.2 Å². The molecule has 1 saturated heterocycles. The Kier molecular flexibility index (Phi) is 9.04. The lowest BCUT2D eigenvalue weighted by Gasteiger charge is -2.27. The summed E-state index contributed by atoms with van der Waals surface area (Å²) in [6, 6.07) is 8.16. The number of carbonyl (C=O) groups is 1. The number of hydrogen-bond donors (Lipinski definition) is 3. The van der Waals surface area contributed by atoms with Crippen LogP contribution in [0.3, 0.4) is 0 Å². The van der Waals surface area contributed by atoms with E-state index in [2.05, 4.69) is 26.9 Å². The third kappa shape index (κ3) is 8.48. The molecule has 8 heteroatoms. The van der Waals surface area contributed by atoms with E-state index in [4.69, 9.17) is 14.5 Å². The monoisotopic (exact) mass is 447 g/mol. The Hall–Kier alpha value is -2.64. The zero-order chi connectivity index (χ0) is 23.8. The molecule has 1 amide bonds. The molecular formula is C24H41N5O3. The van der Waals surface area contributed by atoms with Crippen LogP contribution in [0.5, 0.6) is 5.75 Å². The number of amides is 1. The molecule has 0 aliphatic carbocycles. The first-order valence-electron chi connectivity index (χ1n) is 11.4. The fourth-order valence-electron chi connectivity index (χ4n) is 3.59. The first-order chi connectivity index (χ1) is 15.0. The van der Waals surface area contributed by atoms with Gasteiger partial charge in [-0.05, 0) is 66.0 Å². The van der Waals surface area contributed by atoms with E-state index in [0.29, 0.717) is 12.5 Å². The Labute approximate surface area is 193 Å². The molecule has 1 aliphatic rings. The van der Waals surface area contributed by atoms with Crippen molar-refractivity contribution in [3.05, 3.63) is 24.3 Å². The molecule has 1 heterocycles. The normalized spacial score (nSPS) is 17.2. The van der Waals surface area contributed by atoms with Gasteiger partial charge in [-0.3, -0.25) is 4.99 Å². The maximum Gasteiger partial charge on any atom is 0.408 e. The molecule has 0 spiro atoms. The van der Waals surface area contributed by atoms with Gasteiger partial charge in [-0.2, -0.15) is 0 Å². The van der Waals surface area contributed by atoms with Gasteiger partial charge in [0.25, 0.3) is 0 Å². The average molecular weight is 448 g/mol. The molecule has 1 aliphatic heterocycles. The minimum Gasteiger partial charge on any atom is -0.495 e. The zero-order valence-electron chi connectivity index (χ0n) is 20.7. The number of nitrogens with one attached hydrogen (secondary N) is 3.